The normalized spacial score (nSPS) is 10.3. The van der Waals surface area contributed by atoms with Crippen LogP contribution in [0.2, 0.25) is 0 Å². The first-order valence-electron chi connectivity index (χ1n) is 7.58. The van der Waals surface area contributed by atoms with Crippen LogP contribution in [0.3, 0.4) is 0 Å². The van der Waals surface area contributed by atoms with E-state index < -0.39 is 0 Å². The molecule has 23 heavy (non-hydrogen) atoms. The van der Waals surface area contributed by atoms with Crippen molar-refractivity contribution < 1.29 is 9.53 Å². The van der Waals surface area contributed by atoms with E-state index >= 15 is 0 Å². The lowest BCUT2D eigenvalue weighted by atomic mass is 9.99. The molecule has 3 rings (SSSR count). The van der Waals surface area contributed by atoms with Crippen molar-refractivity contribution in [2.45, 2.75) is 6.42 Å². The number of benzene rings is 3. The minimum absolute atomic E-state index is 0.0268. The van der Waals surface area contributed by atoms with E-state index in [1.807, 2.05) is 42.5 Å². The lowest BCUT2D eigenvalue weighted by Gasteiger charge is -2.05. The van der Waals surface area contributed by atoms with Gasteiger partial charge in [0.2, 0.25) is 0 Å². The van der Waals surface area contributed by atoms with Crippen LogP contribution in [0, 0.1) is 0 Å². The molecule has 0 radical (unpaired) electrons. The van der Waals surface area contributed by atoms with Gasteiger partial charge in [0, 0.05) is 11.1 Å². The number of ether oxygens (including phenoxy) is 1. The van der Waals surface area contributed by atoms with Crippen LogP contribution in [-0.4, -0.2) is 12.9 Å². The average Bonchev–Trinajstić information content (AvgIpc) is 2.63. The number of hydrogen-bond acceptors (Lipinski definition) is 2. The number of hydrogen-bond donors (Lipinski definition) is 0. The molecular weight excluding hydrogens is 284 g/mol. The Bertz CT molecular complexity index is 772. The molecule has 0 saturated carbocycles. The van der Waals surface area contributed by atoms with E-state index in [0.29, 0.717) is 11.1 Å². The molecule has 0 aliphatic carbocycles. The fourth-order valence-electron chi connectivity index (χ4n) is 2.51. The first-order valence-corrected chi connectivity index (χ1v) is 7.58. The highest BCUT2D eigenvalue weighted by Crippen LogP contribution is 2.16. The number of carbonyl (C=O) groups excluding carboxylic acids is 1. The molecule has 0 aliphatic rings. The van der Waals surface area contributed by atoms with Gasteiger partial charge in [-0.05, 0) is 41.8 Å². The third-order valence-corrected chi connectivity index (χ3v) is 3.82. The standard InChI is InChI=1S/C21H18O2/c1-23-20-13-11-19(12-14-20)21(22)18-9-7-17(8-10-18)15-16-5-3-2-4-6-16/h2-14H,15H2,1H3. The van der Waals surface area contributed by atoms with Crippen molar-refractivity contribution in [2.75, 3.05) is 7.11 Å². The molecule has 0 fully saturated rings. The zero-order valence-electron chi connectivity index (χ0n) is 13.0. The number of ketones is 1. The van der Waals surface area contributed by atoms with Gasteiger partial charge in [-0.15, -0.1) is 0 Å². The third-order valence-electron chi connectivity index (χ3n) is 3.82. The molecule has 0 aromatic heterocycles. The van der Waals surface area contributed by atoms with Crippen LogP contribution in [0.4, 0.5) is 0 Å². The molecule has 2 heteroatoms. The van der Waals surface area contributed by atoms with Gasteiger partial charge in [-0.1, -0.05) is 54.6 Å². The Hall–Kier alpha value is -2.87. The smallest absolute Gasteiger partial charge is 0.193 e. The molecule has 2 nitrogen and oxygen atoms in total. The van der Waals surface area contributed by atoms with E-state index in [2.05, 4.69) is 12.1 Å². The SMILES string of the molecule is COc1ccc(C(=O)c2ccc(Cc3ccccc3)cc2)cc1. The summed E-state index contributed by atoms with van der Waals surface area (Å²) < 4.78 is 5.12. The second-order valence-corrected chi connectivity index (χ2v) is 5.42. The summed E-state index contributed by atoms with van der Waals surface area (Å²) in [4.78, 5) is 12.5. The monoisotopic (exact) mass is 302 g/mol. The second kappa shape index (κ2) is 6.93. The van der Waals surface area contributed by atoms with Crippen molar-refractivity contribution in [3.63, 3.8) is 0 Å². The molecule has 0 N–H and O–H groups in total. The molecule has 0 unspecified atom stereocenters. The lowest BCUT2D eigenvalue weighted by Crippen LogP contribution is -2.01. The van der Waals surface area contributed by atoms with Crippen molar-refractivity contribution in [1.82, 2.24) is 0 Å². The van der Waals surface area contributed by atoms with Gasteiger partial charge in [0.15, 0.2) is 5.78 Å². The van der Waals surface area contributed by atoms with Gasteiger partial charge in [-0.2, -0.15) is 0 Å². The van der Waals surface area contributed by atoms with E-state index in [9.17, 15) is 4.79 Å². The van der Waals surface area contributed by atoms with Crippen LogP contribution >= 0.6 is 0 Å². The molecule has 0 spiro atoms. The molecular formula is C21H18O2. The molecule has 3 aromatic rings. The molecule has 0 aliphatic heterocycles. The van der Waals surface area contributed by atoms with E-state index in [1.165, 1.54) is 11.1 Å². The van der Waals surface area contributed by atoms with Gasteiger partial charge in [0.1, 0.15) is 5.75 Å². The summed E-state index contributed by atoms with van der Waals surface area (Å²) in [5, 5.41) is 0. The molecule has 3 aromatic carbocycles. The maximum Gasteiger partial charge on any atom is 0.193 e. The number of methoxy groups -OCH3 is 1. The largest absolute Gasteiger partial charge is 0.497 e. The summed E-state index contributed by atoms with van der Waals surface area (Å²) in [6.45, 7) is 0. The van der Waals surface area contributed by atoms with Gasteiger partial charge >= 0.3 is 0 Å². The molecule has 114 valence electrons. The van der Waals surface area contributed by atoms with Crippen molar-refractivity contribution in [2.24, 2.45) is 0 Å². The third kappa shape index (κ3) is 3.67. The van der Waals surface area contributed by atoms with Crippen molar-refractivity contribution in [3.05, 3.63) is 101 Å². The van der Waals surface area contributed by atoms with Gasteiger partial charge < -0.3 is 4.74 Å². The predicted molar refractivity (Wildman–Crippen MR) is 92.1 cm³/mol. The molecule has 0 bridgehead atoms. The van der Waals surface area contributed by atoms with Crippen LogP contribution in [0.1, 0.15) is 27.0 Å². The van der Waals surface area contributed by atoms with Gasteiger partial charge in [0.05, 0.1) is 7.11 Å². The number of carbonyl (C=O) groups is 1. The zero-order chi connectivity index (χ0) is 16.1. The summed E-state index contributed by atoms with van der Waals surface area (Å²) in [5.74, 6) is 0.777. The van der Waals surface area contributed by atoms with E-state index in [4.69, 9.17) is 4.74 Å². The molecule has 0 amide bonds. The Kier molecular flexibility index (Phi) is 4.53. The second-order valence-electron chi connectivity index (χ2n) is 5.42. The molecule has 0 saturated heterocycles. The Balaban J connectivity index is 1.74. The van der Waals surface area contributed by atoms with Crippen molar-refractivity contribution in [3.8, 4) is 5.75 Å². The van der Waals surface area contributed by atoms with E-state index in [-0.39, 0.29) is 5.78 Å². The Labute approximate surface area is 136 Å². The van der Waals surface area contributed by atoms with Crippen LogP contribution in [0.25, 0.3) is 0 Å². The fourth-order valence-corrected chi connectivity index (χ4v) is 2.51. The van der Waals surface area contributed by atoms with Crippen LogP contribution in [0.15, 0.2) is 78.9 Å². The topological polar surface area (TPSA) is 26.3 Å². The van der Waals surface area contributed by atoms with E-state index in [1.54, 1.807) is 31.4 Å². The Morgan fingerprint density at radius 3 is 1.83 bits per heavy atom. The first-order chi connectivity index (χ1) is 11.3. The zero-order valence-corrected chi connectivity index (χ0v) is 13.0. The number of rotatable bonds is 5. The van der Waals surface area contributed by atoms with Crippen LogP contribution in [0.5, 0.6) is 5.75 Å². The summed E-state index contributed by atoms with van der Waals surface area (Å²) >= 11 is 0. The summed E-state index contributed by atoms with van der Waals surface area (Å²) in [5.41, 5.74) is 3.83. The van der Waals surface area contributed by atoms with Crippen molar-refractivity contribution >= 4 is 5.78 Å². The predicted octanol–water partition coefficient (Wildman–Crippen LogP) is 4.52. The van der Waals surface area contributed by atoms with Crippen molar-refractivity contribution in [1.29, 1.82) is 0 Å². The first kappa shape index (κ1) is 15.0. The summed E-state index contributed by atoms with van der Waals surface area (Å²) in [6.07, 6.45) is 0.873. The average molecular weight is 302 g/mol. The van der Waals surface area contributed by atoms with Crippen LogP contribution in [-0.2, 0) is 6.42 Å². The van der Waals surface area contributed by atoms with Gasteiger partial charge in [0.25, 0.3) is 0 Å². The Morgan fingerprint density at radius 2 is 1.26 bits per heavy atom. The maximum atomic E-state index is 12.5. The highest BCUT2D eigenvalue weighted by molar-refractivity contribution is 6.09. The maximum absolute atomic E-state index is 12.5. The molecule has 0 heterocycles. The van der Waals surface area contributed by atoms with E-state index in [0.717, 1.165) is 12.2 Å². The summed E-state index contributed by atoms with van der Waals surface area (Å²) in [7, 11) is 1.61. The van der Waals surface area contributed by atoms with Crippen LogP contribution < -0.4 is 4.74 Å². The molecule has 0 atom stereocenters. The lowest BCUT2D eigenvalue weighted by molar-refractivity contribution is 0.103. The quantitative estimate of drug-likeness (QED) is 0.648. The fraction of sp³-hybridized carbons (Fsp3) is 0.0952. The highest BCUT2D eigenvalue weighted by atomic mass is 16.5. The van der Waals surface area contributed by atoms with Gasteiger partial charge in [-0.3, -0.25) is 4.79 Å². The minimum Gasteiger partial charge on any atom is -0.497 e. The highest BCUT2D eigenvalue weighted by Gasteiger charge is 2.09. The van der Waals surface area contributed by atoms with Gasteiger partial charge in [-0.25, -0.2) is 0 Å². The Morgan fingerprint density at radius 1 is 0.739 bits per heavy atom. The summed E-state index contributed by atoms with van der Waals surface area (Å²) in [6, 6.07) is 25.3. The minimum atomic E-state index is 0.0268.